The summed E-state index contributed by atoms with van der Waals surface area (Å²) in [6.45, 7) is 2.01. The molecule has 0 aliphatic heterocycles. The smallest absolute Gasteiger partial charge is 0.224 e. The highest BCUT2D eigenvalue weighted by Gasteiger charge is 2.10. The average molecular weight is 333 g/mol. The first-order valence-corrected chi connectivity index (χ1v) is 7.36. The molecule has 1 amide bonds. The molecular weight excluding hydrogens is 316 g/mol. The van der Waals surface area contributed by atoms with Crippen LogP contribution < -0.4 is 5.32 Å². The van der Waals surface area contributed by atoms with Crippen molar-refractivity contribution in [1.29, 1.82) is 0 Å². The topological polar surface area (TPSA) is 42.0 Å². The van der Waals surface area contributed by atoms with Gasteiger partial charge in [0.1, 0.15) is 0 Å². The van der Waals surface area contributed by atoms with Crippen LogP contribution in [0.4, 0.5) is 0 Å². The molecule has 1 aromatic heterocycles. The van der Waals surface area contributed by atoms with E-state index in [1.165, 1.54) is 5.56 Å². The molecule has 0 aliphatic carbocycles. The molecule has 1 heterocycles. The molecule has 0 fully saturated rings. The summed E-state index contributed by atoms with van der Waals surface area (Å²) in [5, 5.41) is 3.02. The van der Waals surface area contributed by atoms with Gasteiger partial charge in [-0.25, -0.2) is 0 Å². The number of nitrogens with zero attached hydrogens (tertiary/aromatic N) is 1. The molecule has 0 unspecified atom stereocenters. The molecule has 1 N–H and O–H groups in total. The van der Waals surface area contributed by atoms with Gasteiger partial charge in [0, 0.05) is 22.9 Å². The first-order chi connectivity index (χ1) is 9.65. The van der Waals surface area contributed by atoms with E-state index in [9.17, 15) is 4.79 Å². The van der Waals surface area contributed by atoms with E-state index in [1.54, 1.807) is 12.4 Å². The van der Waals surface area contributed by atoms with Crippen molar-refractivity contribution in [2.45, 2.75) is 25.8 Å². The maximum atomic E-state index is 11.9. The first kappa shape index (κ1) is 14.7. The molecule has 0 aliphatic rings. The van der Waals surface area contributed by atoms with Crippen molar-refractivity contribution in [3.05, 3.63) is 64.4 Å². The Balaban J connectivity index is 1.87. The lowest BCUT2D eigenvalue weighted by molar-refractivity contribution is -0.121. The number of nitrogens with one attached hydrogen (secondary N) is 1. The number of hydrogen-bond donors (Lipinski definition) is 1. The Morgan fingerprint density at radius 2 is 2.10 bits per heavy atom. The molecule has 2 aromatic rings. The Bertz CT molecular complexity index is 572. The highest BCUT2D eigenvalue weighted by Crippen LogP contribution is 2.17. The number of halogens is 1. The van der Waals surface area contributed by atoms with Gasteiger partial charge >= 0.3 is 0 Å². The lowest BCUT2D eigenvalue weighted by Crippen LogP contribution is -2.35. The van der Waals surface area contributed by atoms with Gasteiger partial charge < -0.3 is 5.32 Å². The van der Waals surface area contributed by atoms with Crippen LogP contribution in [0, 0.1) is 0 Å². The summed E-state index contributed by atoms with van der Waals surface area (Å²) in [7, 11) is 0. The number of carbonyl (C=O) groups excluding carboxylic acids is 1. The second-order valence-electron chi connectivity index (χ2n) is 4.80. The molecule has 0 saturated carbocycles. The second kappa shape index (κ2) is 7.20. The molecule has 2 rings (SSSR count). The van der Waals surface area contributed by atoms with E-state index in [-0.39, 0.29) is 11.9 Å². The predicted molar refractivity (Wildman–Crippen MR) is 83.4 cm³/mol. The predicted octanol–water partition coefficient (Wildman–Crippen LogP) is 3.13. The van der Waals surface area contributed by atoms with Crippen LogP contribution in [0.15, 0.2) is 53.3 Å². The minimum atomic E-state index is 0.0255. The van der Waals surface area contributed by atoms with E-state index in [0.717, 1.165) is 16.5 Å². The minimum Gasteiger partial charge on any atom is -0.353 e. The van der Waals surface area contributed by atoms with Gasteiger partial charge in [-0.05, 0) is 36.6 Å². The zero-order chi connectivity index (χ0) is 14.4. The van der Waals surface area contributed by atoms with Crippen LogP contribution >= 0.6 is 15.9 Å². The van der Waals surface area contributed by atoms with E-state index in [2.05, 4.69) is 32.3 Å². The number of hydrogen-bond acceptors (Lipinski definition) is 2. The summed E-state index contributed by atoms with van der Waals surface area (Å²) in [5.41, 5.74) is 2.12. The summed E-state index contributed by atoms with van der Waals surface area (Å²) < 4.78 is 1.08. The quantitative estimate of drug-likeness (QED) is 0.913. The molecule has 4 heteroatoms. The second-order valence-corrected chi connectivity index (χ2v) is 5.66. The highest BCUT2D eigenvalue weighted by molar-refractivity contribution is 9.10. The lowest BCUT2D eigenvalue weighted by Gasteiger charge is -2.15. The van der Waals surface area contributed by atoms with Gasteiger partial charge in [0.05, 0.1) is 6.42 Å². The Hall–Kier alpha value is -1.68. The molecule has 0 bridgehead atoms. The lowest BCUT2D eigenvalue weighted by atomic mass is 10.1. The Morgan fingerprint density at radius 1 is 1.30 bits per heavy atom. The SMILES string of the molecule is C[C@@H](Cc1ccccc1Br)NC(=O)Cc1cccnc1. The van der Waals surface area contributed by atoms with Crippen LogP contribution in [0.2, 0.25) is 0 Å². The summed E-state index contributed by atoms with van der Waals surface area (Å²) in [4.78, 5) is 16.0. The number of aromatic nitrogens is 1. The molecule has 0 spiro atoms. The van der Waals surface area contributed by atoms with Gasteiger partial charge in [0.2, 0.25) is 5.91 Å². The van der Waals surface area contributed by atoms with Gasteiger partial charge in [-0.15, -0.1) is 0 Å². The maximum Gasteiger partial charge on any atom is 0.224 e. The van der Waals surface area contributed by atoms with Crippen LogP contribution in [0.5, 0.6) is 0 Å². The van der Waals surface area contributed by atoms with Crippen molar-refractivity contribution in [3.63, 3.8) is 0 Å². The van der Waals surface area contributed by atoms with E-state index in [1.807, 2.05) is 37.3 Å². The summed E-state index contributed by atoms with van der Waals surface area (Å²) in [6.07, 6.45) is 4.60. The third-order valence-corrected chi connectivity index (χ3v) is 3.75. The monoisotopic (exact) mass is 332 g/mol. The van der Waals surface area contributed by atoms with E-state index in [4.69, 9.17) is 0 Å². The zero-order valence-electron chi connectivity index (χ0n) is 11.3. The van der Waals surface area contributed by atoms with Gasteiger partial charge in [-0.1, -0.05) is 40.2 Å². The summed E-state index contributed by atoms with van der Waals surface area (Å²) in [5.74, 6) is 0.0255. The number of benzene rings is 1. The molecular formula is C16H17BrN2O. The fourth-order valence-electron chi connectivity index (χ4n) is 2.06. The number of pyridine rings is 1. The van der Waals surface area contributed by atoms with Crippen LogP contribution in [0.1, 0.15) is 18.1 Å². The van der Waals surface area contributed by atoms with Crippen molar-refractivity contribution in [1.82, 2.24) is 10.3 Å². The van der Waals surface area contributed by atoms with E-state index >= 15 is 0 Å². The minimum absolute atomic E-state index is 0.0255. The standard InChI is InChI=1S/C16H17BrN2O/c1-12(9-14-6-2-3-7-15(14)17)19-16(20)10-13-5-4-8-18-11-13/h2-8,11-12H,9-10H2,1H3,(H,19,20)/t12-/m0/s1. The molecule has 104 valence electrons. The fourth-order valence-corrected chi connectivity index (χ4v) is 2.51. The Labute approximate surface area is 127 Å². The third-order valence-electron chi connectivity index (χ3n) is 2.98. The molecule has 1 atom stereocenters. The number of carbonyl (C=O) groups is 1. The molecule has 0 saturated heterocycles. The van der Waals surface area contributed by atoms with Crippen molar-refractivity contribution >= 4 is 21.8 Å². The van der Waals surface area contributed by atoms with Crippen LogP contribution in [-0.4, -0.2) is 16.9 Å². The van der Waals surface area contributed by atoms with E-state index < -0.39 is 0 Å². The molecule has 20 heavy (non-hydrogen) atoms. The van der Waals surface area contributed by atoms with Gasteiger partial charge in [-0.3, -0.25) is 9.78 Å². The van der Waals surface area contributed by atoms with Gasteiger partial charge in [0.25, 0.3) is 0 Å². The Morgan fingerprint density at radius 3 is 2.80 bits per heavy atom. The fraction of sp³-hybridized carbons (Fsp3) is 0.250. The Kier molecular flexibility index (Phi) is 5.30. The van der Waals surface area contributed by atoms with Crippen molar-refractivity contribution in [2.75, 3.05) is 0 Å². The van der Waals surface area contributed by atoms with E-state index in [0.29, 0.717) is 6.42 Å². The van der Waals surface area contributed by atoms with Gasteiger partial charge in [-0.2, -0.15) is 0 Å². The van der Waals surface area contributed by atoms with Crippen molar-refractivity contribution in [2.24, 2.45) is 0 Å². The average Bonchev–Trinajstić information content (AvgIpc) is 2.42. The molecule has 0 radical (unpaired) electrons. The van der Waals surface area contributed by atoms with Crippen molar-refractivity contribution in [3.8, 4) is 0 Å². The third kappa shape index (κ3) is 4.46. The zero-order valence-corrected chi connectivity index (χ0v) is 12.9. The maximum absolute atomic E-state index is 11.9. The van der Waals surface area contributed by atoms with Gasteiger partial charge in [0.15, 0.2) is 0 Å². The van der Waals surface area contributed by atoms with Crippen LogP contribution in [0.25, 0.3) is 0 Å². The molecule has 1 aromatic carbocycles. The first-order valence-electron chi connectivity index (χ1n) is 6.57. The van der Waals surface area contributed by atoms with Crippen LogP contribution in [0.3, 0.4) is 0 Å². The number of amides is 1. The number of rotatable bonds is 5. The molecule has 3 nitrogen and oxygen atoms in total. The highest BCUT2D eigenvalue weighted by atomic mass is 79.9. The largest absolute Gasteiger partial charge is 0.353 e. The normalized spacial score (nSPS) is 11.9. The summed E-state index contributed by atoms with van der Waals surface area (Å²) in [6, 6.07) is 11.9. The summed E-state index contributed by atoms with van der Waals surface area (Å²) >= 11 is 3.52. The van der Waals surface area contributed by atoms with Crippen molar-refractivity contribution < 1.29 is 4.79 Å². The van der Waals surface area contributed by atoms with Crippen LogP contribution in [-0.2, 0) is 17.6 Å².